The zero-order valence-electron chi connectivity index (χ0n) is 11.9. The van der Waals surface area contributed by atoms with Gasteiger partial charge in [0.1, 0.15) is 6.23 Å². The Morgan fingerprint density at radius 1 is 1.06 bits per heavy atom. The highest BCUT2D eigenvalue weighted by atomic mass is 28.4. The van der Waals surface area contributed by atoms with Crippen LogP contribution in [0.1, 0.15) is 32.6 Å². The molecule has 1 aliphatic heterocycles. The topological polar surface area (TPSA) is 12.2 Å². The third-order valence-corrected chi connectivity index (χ3v) is 8.78. The van der Waals surface area contributed by atoms with Gasteiger partial charge in [-0.25, -0.2) is 0 Å². The van der Waals surface area contributed by atoms with E-state index < -0.39 is 8.32 Å². The van der Waals surface area contributed by atoms with Crippen molar-refractivity contribution in [2.75, 3.05) is 13.1 Å². The van der Waals surface area contributed by atoms with Gasteiger partial charge in [-0.2, -0.15) is 0 Å². The summed E-state index contributed by atoms with van der Waals surface area (Å²) < 4.78 is 6.66. The van der Waals surface area contributed by atoms with Gasteiger partial charge in [-0.1, -0.05) is 51.1 Å². The predicted molar refractivity (Wildman–Crippen MR) is 79.0 cm³/mol. The molecule has 2 nitrogen and oxygen atoms in total. The minimum atomic E-state index is -1.53. The lowest BCUT2D eigenvalue weighted by Crippen LogP contribution is -2.39. The SMILES string of the molecule is CC[Si](CC)(CC)OC(c1ccccc1)N1CC1. The molecule has 0 amide bonds. The summed E-state index contributed by atoms with van der Waals surface area (Å²) >= 11 is 0. The Balaban J connectivity index is 2.16. The molecular weight excluding hydrogens is 238 g/mol. The predicted octanol–water partition coefficient (Wildman–Crippen LogP) is 4.02. The first-order valence-corrected chi connectivity index (χ1v) is 9.74. The number of rotatable bonds is 7. The van der Waals surface area contributed by atoms with Crippen molar-refractivity contribution < 1.29 is 4.43 Å². The van der Waals surface area contributed by atoms with E-state index in [1.165, 1.54) is 36.8 Å². The van der Waals surface area contributed by atoms with E-state index >= 15 is 0 Å². The van der Waals surface area contributed by atoms with Crippen LogP contribution in [-0.4, -0.2) is 26.3 Å². The maximum absolute atomic E-state index is 6.66. The summed E-state index contributed by atoms with van der Waals surface area (Å²) in [6.45, 7) is 9.25. The molecule has 3 heteroatoms. The molecule has 0 aliphatic carbocycles. The van der Waals surface area contributed by atoms with E-state index in [-0.39, 0.29) is 6.23 Å². The van der Waals surface area contributed by atoms with Gasteiger partial charge in [-0.15, -0.1) is 0 Å². The molecule has 100 valence electrons. The Morgan fingerprint density at radius 2 is 1.61 bits per heavy atom. The highest BCUT2D eigenvalue weighted by molar-refractivity contribution is 6.73. The Hall–Kier alpha value is -0.643. The maximum atomic E-state index is 6.66. The third-order valence-electron chi connectivity index (χ3n) is 4.19. The van der Waals surface area contributed by atoms with E-state index in [1.807, 2.05) is 0 Å². The summed E-state index contributed by atoms with van der Waals surface area (Å²) in [6, 6.07) is 14.4. The van der Waals surface area contributed by atoms with Crippen molar-refractivity contribution in [2.45, 2.75) is 45.1 Å². The van der Waals surface area contributed by atoms with E-state index in [0.717, 1.165) is 0 Å². The quantitative estimate of drug-likeness (QED) is 0.544. The van der Waals surface area contributed by atoms with Gasteiger partial charge < -0.3 is 4.43 Å². The van der Waals surface area contributed by atoms with Crippen molar-refractivity contribution in [3.63, 3.8) is 0 Å². The zero-order chi connectivity index (χ0) is 13.0. The highest BCUT2D eigenvalue weighted by Crippen LogP contribution is 2.34. The second kappa shape index (κ2) is 6.00. The lowest BCUT2D eigenvalue weighted by Gasteiger charge is -2.34. The first-order valence-electron chi connectivity index (χ1n) is 7.21. The van der Waals surface area contributed by atoms with Crippen LogP contribution in [-0.2, 0) is 4.43 Å². The van der Waals surface area contributed by atoms with Crippen LogP contribution >= 0.6 is 0 Å². The van der Waals surface area contributed by atoms with Crippen LogP contribution in [0.15, 0.2) is 30.3 Å². The standard InChI is InChI=1S/C15H25NOSi/c1-4-18(5-2,6-3)17-15(16-12-13-16)14-10-8-7-9-11-14/h7-11,15H,4-6,12-13H2,1-3H3. The first-order chi connectivity index (χ1) is 8.74. The molecule has 1 atom stereocenters. The molecular formula is C15H25NOSi. The lowest BCUT2D eigenvalue weighted by molar-refractivity contribution is 0.0943. The van der Waals surface area contributed by atoms with Crippen LogP contribution in [0.3, 0.4) is 0 Å². The number of hydrogen-bond acceptors (Lipinski definition) is 2. The molecule has 1 heterocycles. The van der Waals surface area contributed by atoms with Gasteiger partial charge in [0.25, 0.3) is 0 Å². The summed E-state index contributed by atoms with van der Waals surface area (Å²) in [5, 5.41) is 0. The molecule has 1 unspecified atom stereocenters. The molecule has 1 saturated heterocycles. The van der Waals surface area contributed by atoms with Gasteiger partial charge in [0.2, 0.25) is 0 Å². The van der Waals surface area contributed by atoms with Gasteiger partial charge in [-0.3, -0.25) is 4.90 Å². The smallest absolute Gasteiger partial charge is 0.194 e. The molecule has 2 rings (SSSR count). The summed E-state index contributed by atoms with van der Waals surface area (Å²) in [4.78, 5) is 2.43. The number of hydrogen-bond donors (Lipinski definition) is 0. The normalized spacial score (nSPS) is 17.7. The Kier molecular flexibility index (Phi) is 4.59. The monoisotopic (exact) mass is 263 g/mol. The fraction of sp³-hybridized carbons (Fsp3) is 0.600. The van der Waals surface area contributed by atoms with Crippen molar-refractivity contribution in [1.82, 2.24) is 4.90 Å². The molecule has 1 aliphatic rings. The molecule has 0 aromatic heterocycles. The van der Waals surface area contributed by atoms with Crippen molar-refractivity contribution in [3.05, 3.63) is 35.9 Å². The fourth-order valence-corrected chi connectivity index (χ4v) is 5.26. The van der Waals surface area contributed by atoms with E-state index in [1.54, 1.807) is 0 Å². The van der Waals surface area contributed by atoms with Crippen LogP contribution in [0, 0.1) is 0 Å². The third kappa shape index (κ3) is 3.02. The van der Waals surface area contributed by atoms with Crippen molar-refractivity contribution >= 4 is 8.32 Å². The lowest BCUT2D eigenvalue weighted by atomic mass is 10.2. The van der Waals surface area contributed by atoms with E-state index in [9.17, 15) is 0 Å². The maximum Gasteiger partial charge on any atom is 0.194 e. The Bertz CT molecular complexity index is 352. The molecule has 1 aromatic carbocycles. The molecule has 1 aromatic rings. The van der Waals surface area contributed by atoms with Gasteiger partial charge in [0.05, 0.1) is 0 Å². The van der Waals surface area contributed by atoms with Crippen LogP contribution < -0.4 is 0 Å². The van der Waals surface area contributed by atoms with Crippen LogP contribution in [0.5, 0.6) is 0 Å². The summed E-state index contributed by atoms with van der Waals surface area (Å²) in [7, 11) is -1.53. The number of benzene rings is 1. The van der Waals surface area contributed by atoms with Crippen LogP contribution in [0.2, 0.25) is 18.1 Å². The molecule has 18 heavy (non-hydrogen) atoms. The average molecular weight is 263 g/mol. The highest BCUT2D eigenvalue weighted by Gasteiger charge is 2.37. The molecule has 0 N–H and O–H groups in total. The summed E-state index contributed by atoms with van der Waals surface area (Å²) in [5.41, 5.74) is 1.32. The van der Waals surface area contributed by atoms with Crippen molar-refractivity contribution in [1.29, 1.82) is 0 Å². The Morgan fingerprint density at radius 3 is 2.06 bits per heavy atom. The first kappa shape index (κ1) is 13.8. The molecule has 1 fully saturated rings. The molecule has 0 bridgehead atoms. The van der Waals surface area contributed by atoms with Crippen LogP contribution in [0.4, 0.5) is 0 Å². The fourth-order valence-electron chi connectivity index (χ4n) is 2.50. The minimum absolute atomic E-state index is 0.206. The summed E-state index contributed by atoms with van der Waals surface area (Å²) in [5.74, 6) is 0. The Labute approximate surface area is 112 Å². The molecule has 0 saturated carbocycles. The largest absolute Gasteiger partial charge is 0.398 e. The van der Waals surface area contributed by atoms with Crippen LogP contribution in [0.25, 0.3) is 0 Å². The van der Waals surface area contributed by atoms with Gasteiger partial charge in [-0.05, 0) is 23.7 Å². The van der Waals surface area contributed by atoms with Gasteiger partial charge in [0.15, 0.2) is 8.32 Å². The second-order valence-electron chi connectivity index (χ2n) is 5.16. The number of nitrogens with zero attached hydrogens (tertiary/aromatic N) is 1. The molecule has 0 radical (unpaired) electrons. The molecule has 0 spiro atoms. The van der Waals surface area contributed by atoms with Gasteiger partial charge in [0, 0.05) is 13.1 Å². The van der Waals surface area contributed by atoms with Gasteiger partial charge >= 0.3 is 0 Å². The van der Waals surface area contributed by atoms with E-state index in [2.05, 4.69) is 56.0 Å². The zero-order valence-corrected chi connectivity index (χ0v) is 12.9. The average Bonchev–Trinajstić information content (AvgIpc) is 3.27. The van der Waals surface area contributed by atoms with Crippen molar-refractivity contribution in [2.24, 2.45) is 0 Å². The van der Waals surface area contributed by atoms with Crippen molar-refractivity contribution in [3.8, 4) is 0 Å². The second-order valence-corrected chi connectivity index (χ2v) is 9.88. The van der Waals surface area contributed by atoms with E-state index in [4.69, 9.17) is 4.43 Å². The van der Waals surface area contributed by atoms with E-state index in [0.29, 0.717) is 0 Å². The minimum Gasteiger partial charge on any atom is -0.398 e. The summed E-state index contributed by atoms with van der Waals surface area (Å²) in [6.07, 6.45) is 0.206.